The minimum Gasteiger partial charge on any atom is -0.462 e. The molecule has 0 aliphatic heterocycles. The van der Waals surface area contributed by atoms with Crippen molar-refractivity contribution in [3.8, 4) is 0 Å². The first-order chi connectivity index (χ1) is 9.79. The summed E-state index contributed by atoms with van der Waals surface area (Å²) < 4.78 is 5.15. The van der Waals surface area contributed by atoms with Crippen LogP contribution in [0.2, 0.25) is 0 Å². The molecule has 1 aromatic rings. The molecule has 0 N–H and O–H groups in total. The van der Waals surface area contributed by atoms with E-state index in [9.17, 15) is 4.79 Å². The van der Waals surface area contributed by atoms with Crippen molar-refractivity contribution in [2.45, 2.75) is 63.7 Å². The Balaban J connectivity index is 1.87. The molecule has 20 heavy (non-hydrogen) atoms. The minimum absolute atomic E-state index is 0.211. The van der Waals surface area contributed by atoms with Crippen molar-refractivity contribution in [3.05, 3.63) is 29.1 Å². The van der Waals surface area contributed by atoms with Crippen molar-refractivity contribution in [3.63, 3.8) is 0 Å². The van der Waals surface area contributed by atoms with E-state index in [0.29, 0.717) is 24.0 Å². The monoisotopic (exact) mass is 273 g/mol. The summed E-state index contributed by atoms with van der Waals surface area (Å²) in [5, 5.41) is 0. The van der Waals surface area contributed by atoms with E-state index >= 15 is 0 Å². The normalized spacial score (nSPS) is 19.9. The van der Waals surface area contributed by atoms with Crippen LogP contribution in [0.3, 0.4) is 0 Å². The summed E-state index contributed by atoms with van der Waals surface area (Å²) in [7, 11) is 0. The van der Waals surface area contributed by atoms with E-state index in [4.69, 9.17) is 9.72 Å². The molecule has 3 rings (SSSR count). The fraction of sp³-hybridized carbons (Fsp3) is 0.647. The molecule has 0 spiro atoms. The molecule has 0 radical (unpaired) electrons. The SMILES string of the molecule is CCOC(=O)c1ccc(C2CCCCC2)nc1C1CC1. The van der Waals surface area contributed by atoms with Crippen molar-refractivity contribution >= 4 is 5.97 Å². The van der Waals surface area contributed by atoms with E-state index in [1.807, 2.05) is 19.1 Å². The summed E-state index contributed by atoms with van der Waals surface area (Å²) in [5.41, 5.74) is 2.88. The molecule has 1 aromatic heterocycles. The third-order valence-corrected chi connectivity index (χ3v) is 4.43. The molecule has 2 aliphatic carbocycles. The molecule has 2 saturated carbocycles. The summed E-state index contributed by atoms with van der Waals surface area (Å²) in [6.45, 7) is 2.27. The molecular weight excluding hydrogens is 250 g/mol. The van der Waals surface area contributed by atoms with Gasteiger partial charge in [0.2, 0.25) is 0 Å². The van der Waals surface area contributed by atoms with Gasteiger partial charge in [0.1, 0.15) is 0 Å². The summed E-state index contributed by atoms with van der Waals surface area (Å²) in [4.78, 5) is 16.9. The summed E-state index contributed by atoms with van der Waals surface area (Å²) in [5.74, 6) is 0.868. The van der Waals surface area contributed by atoms with E-state index in [1.54, 1.807) is 0 Å². The van der Waals surface area contributed by atoms with Crippen LogP contribution in [0.15, 0.2) is 12.1 Å². The zero-order valence-electron chi connectivity index (χ0n) is 12.2. The highest BCUT2D eigenvalue weighted by Gasteiger charge is 2.31. The lowest BCUT2D eigenvalue weighted by Crippen LogP contribution is -2.13. The van der Waals surface area contributed by atoms with Crippen molar-refractivity contribution in [2.75, 3.05) is 6.61 Å². The van der Waals surface area contributed by atoms with E-state index < -0.39 is 0 Å². The van der Waals surface area contributed by atoms with Crippen LogP contribution in [0.1, 0.15) is 85.5 Å². The molecule has 0 atom stereocenters. The molecule has 3 nitrogen and oxygen atoms in total. The van der Waals surface area contributed by atoms with Crippen LogP contribution in [0.25, 0.3) is 0 Å². The van der Waals surface area contributed by atoms with Gasteiger partial charge in [-0.05, 0) is 44.7 Å². The zero-order chi connectivity index (χ0) is 13.9. The van der Waals surface area contributed by atoms with Gasteiger partial charge in [-0.1, -0.05) is 19.3 Å². The van der Waals surface area contributed by atoms with Gasteiger partial charge in [0.15, 0.2) is 0 Å². The lowest BCUT2D eigenvalue weighted by molar-refractivity contribution is 0.0524. The van der Waals surface area contributed by atoms with Crippen LogP contribution in [0.4, 0.5) is 0 Å². The highest BCUT2D eigenvalue weighted by atomic mass is 16.5. The smallest absolute Gasteiger partial charge is 0.339 e. The van der Waals surface area contributed by atoms with Gasteiger partial charge in [-0.2, -0.15) is 0 Å². The standard InChI is InChI=1S/C17H23NO2/c1-2-20-17(19)14-10-11-15(12-6-4-3-5-7-12)18-16(14)13-8-9-13/h10-13H,2-9H2,1H3. The topological polar surface area (TPSA) is 39.2 Å². The van der Waals surface area contributed by atoms with Gasteiger partial charge in [0, 0.05) is 17.5 Å². The van der Waals surface area contributed by atoms with Crippen LogP contribution < -0.4 is 0 Å². The van der Waals surface area contributed by atoms with Crippen LogP contribution in [-0.4, -0.2) is 17.6 Å². The number of carbonyl (C=O) groups is 1. The quantitative estimate of drug-likeness (QED) is 0.772. The number of hydrogen-bond acceptors (Lipinski definition) is 3. The fourth-order valence-corrected chi connectivity index (χ4v) is 3.17. The van der Waals surface area contributed by atoms with Crippen LogP contribution in [0.5, 0.6) is 0 Å². The molecule has 0 amide bonds. The first kappa shape index (κ1) is 13.6. The van der Waals surface area contributed by atoms with Crippen LogP contribution in [0, 0.1) is 0 Å². The maximum Gasteiger partial charge on any atom is 0.339 e. The van der Waals surface area contributed by atoms with Crippen LogP contribution in [-0.2, 0) is 4.74 Å². The number of pyridine rings is 1. The molecule has 2 fully saturated rings. The van der Waals surface area contributed by atoms with Crippen molar-refractivity contribution in [2.24, 2.45) is 0 Å². The van der Waals surface area contributed by atoms with E-state index in [-0.39, 0.29) is 5.97 Å². The number of hydrogen-bond donors (Lipinski definition) is 0. The molecule has 0 unspecified atom stereocenters. The zero-order valence-corrected chi connectivity index (χ0v) is 12.2. The number of nitrogens with zero attached hydrogens (tertiary/aromatic N) is 1. The van der Waals surface area contributed by atoms with Gasteiger partial charge in [-0.25, -0.2) is 4.79 Å². The highest BCUT2D eigenvalue weighted by Crippen LogP contribution is 2.42. The lowest BCUT2D eigenvalue weighted by Gasteiger charge is -2.22. The number of ether oxygens (including phenoxy) is 1. The van der Waals surface area contributed by atoms with E-state index in [1.165, 1.54) is 37.8 Å². The van der Waals surface area contributed by atoms with Crippen LogP contribution >= 0.6 is 0 Å². The van der Waals surface area contributed by atoms with Gasteiger partial charge in [-0.15, -0.1) is 0 Å². The van der Waals surface area contributed by atoms with Crippen molar-refractivity contribution < 1.29 is 9.53 Å². The Kier molecular flexibility index (Phi) is 4.04. The number of carbonyl (C=O) groups excluding carboxylic acids is 1. The molecule has 1 heterocycles. The minimum atomic E-state index is -0.211. The Labute approximate surface area is 120 Å². The molecule has 108 valence electrons. The van der Waals surface area contributed by atoms with Gasteiger partial charge in [0.25, 0.3) is 0 Å². The van der Waals surface area contributed by atoms with E-state index in [0.717, 1.165) is 18.5 Å². The average molecular weight is 273 g/mol. The third-order valence-electron chi connectivity index (χ3n) is 4.43. The predicted molar refractivity (Wildman–Crippen MR) is 78.0 cm³/mol. The molecule has 0 saturated heterocycles. The molecule has 2 aliphatic rings. The Morgan fingerprint density at radius 1 is 1.15 bits per heavy atom. The predicted octanol–water partition coefficient (Wildman–Crippen LogP) is 4.18. The maximum atomic E-state index is 12.0. The number of esters is 1. The van der Waals surface area contributed by atoms with Gasteiger partial charge in [-0.3, -0.25) is 4.98 Å². The Morgan fingerprint density at radius 3 is 2.55 bits per heavy atom. The molecule has 3 heteroatoms. The van der Waals surface area contributed by atoms with E-state index in [2.05, 4.69) is 0 Å². The molecular formula is C17H23NO2. The largest absolute Gasteiger partial charge is 0.462 e. The average Bonchev–Trinajstić information content (AvgIpc) is 3.32. The third kappa shape index (κ3) is 2.87. The Bertz CT molecular complexity index is 488. The number of rotatable bonds is 4. The summed E-state index contributed by atoms with van der Waals surface area (Å²) in [6.07, 6.45) is 8.79. The number of aromatic nitrogens is 1. The summed E-state index contributed by atoms with van der Waals surface area (Å²) >= 11 is 0. The Hall–Kier alpha value is -1.38. The second-order valence-electron chi connectivity index (χ2n) is 6.00. The van der Waals surface area contributed by atoms with Crippen molar-refractivity contribution in [1.29, 1.82) is 0 Å². The molecule has 0 aromatic carbocycles. The second-order valence-corrected chi connectivity index (χ2v) is 6.00. The maximum absolute atomic E-state index is 12.0. The summed E-state index contributed by atoms with van der Waals surface area (Å²) in [6, 6.07) is 4.00. The molecule has 0 bridgehead atoms. The van der Waals surface area contributed by atoms with Crippen molar-refractivity contribution in [1.82, 2.24) is 4.98 Å². The fourth-order valence-electron chi connectivity index (χ4n) is 3.17. The highest BCUT2D eigenvalue weighted by molar-refractivity contribution is 5.91. The van der Waals surface area contributed by atoms with Gasteiger partial charge in [0.05, 0.1) is 17.9 Å². The lowest BCUT2D eigenvalue weighted by atomic mass is 9.86. The second kappa shape index (κ2) is 5.94. The van der Waals surface area contributed by atoms with Gasteiger partial charge >= 0.3 is 5.97 Å². The van der Waals surface area contributed by atoms with Gasteiger partial charge < -0.3 is 4.74 Å². The first-order valence-corrected chi connectivity index (χ1v) is 7.97. The Morgan fingerprint density at radius 2 is 1.90 bits per heavy atom. The first-order valence-electron chi connectivity index (χ1n) is 7.97.